The third-order valence-corrected chi connectivity index (χ3v) is 2.99. The second kappa shape index (κ2) is 6.02. The summed E-state index contributed by atoms with van der Waals surface area (Å²) in [7, 11) is 0. The van der Waals surface area contributed by atoms with Crippen molar-refractivity contribution in [2.75, 3.05) is 13.1 Å². The van der Waals surface area contributed by atoms with Crippen molar-refractivity contribution in [2.45, 2.75) is 18.6 Å². The average molecular weight is 302 g/mol. The van der Waals surface area contributed by atoms with Crippen LogP contribution in [0.4, 0.5) is 18.0 Å². The van der Waals surface area contributed by atoms with Crippen LogP contribution in [-0.2, 0) is 4.79 Å². The number of amides is 2. The van der Waals surface area contributed by atoms with Crippen LogP contribution in [0, 0.1) is 0 Å². The third kappa shape index (κ3) is 4.11. The first kappa shape index (κ1) is 15.1. The molecule has 5 nitrogen and oxygen atoms in total. The summed E-state index contributed by atoms with van der Waals surface area (Å²) < 4.78 is 41.5. The van der Waals surface area contributed by atoms with Gasteiger partial charge in [-0.15, -0.1) is 0 Å². The van der Waals surface area contributed by atoms with E-state index in [1.807, 2.05) is 5.32 Å². The highest BCUT2D eigenvalue weighted by Crippen LogP contribution is 2.18. The molecule has 2 amide bonds. The Hall–Kier alpha value is -2.25. The zero-order chi connectivity index (χ0) is 15.5. The molecule has 0 saturated carbocycles. The van der Waals surface area contributed by atoms with Crippen LogP contribution in [0.2, 0.25) is 0 Å². The van der Waals surface area contributed by atoms with E-state index in [2.05, 4.69) is 0 Å². The molecule has 1 N–H and O–H groups in total. The van der Waals surface area contributed by atoms with Crippen molar-refractivity contribution in [3.8, 4) is 5.75 Å². The van der Waals surface area contributed by atoms with E-state index < -0.39 is 24.2 Å². The topological polar surface area (TPSA) is 58.6 Å². The second-order valence-electron chi connectivity index (χ2n) is 4.58. The van der Waals surface area contributed by atoms with Gasteiger partial charge in [-0.2, -0.15) is 13.2 Å². The molecule has 21 heavy (non-hydrogen) atoms. The molecule has 1 unspecified atom stereocenters. The number of nitrogens with one attached hydrogen (secondary N) is 1. The second-order valence-corrected chi connectivity index (χ2v) is 4.58. The summed E-state index contributed by atoms with van der Waals surface area (Å²) in [5, 5.41) is 1.85. The van der Waals surface area contributed by atoms with E-state index in [0.29, 0.717) is 5.75 Å². The molecule has 8 heteroatoms. The molecule has 0 aromatic heterocycles. The fourth-order valence-electron chi connectivity index (χ4n) is 1.97. The van der Waals surface area contributed by atoms with Crippen molar-refractivity contribution in [1.29, 1.82) is 0 Å². The molecule has 2 rings (SSSR count). The summed E-state index contributed by atoms with van der Waals surface area (Å²) in [4.78, 5) is 23.9. The molecule has 114 valence electrons. The quantitative estimate of drug-likeness (QED) is 0.908. The number of hydrogen-bond acceptors (Lipinski definition) is 3. The maximum absolute atomic E-state index is 12.1. The molecule has 1 fully saturated rings. The molecule has 0 bridgehead atoms. The Bertz CT molecular complexity index is 519. The minimum Gasteiger partial charge on any atom is -0.410 e. The Morgan fingerprint density at radius 3 is 2.52 bits per heavy atom. The Morgan fingerprint density at radius 2 is 1.90 bits per heavy atom. The van der Waals surface area contributed by atoms with Gasteiger partial charge in [0.15, 0.2) is 0 Å². The van der Waals surface area contributed by atoms with Gasteiger partial charge in [0.05, 0.1) is 0 Å². The first-order valence-electron chi connectivity index (χ1n) is 6.26. The lowest BCUT2D eigenvalue weighted by Gasteiger charge is -2.17. The standard InChI is InChI=1S/C13H13F3N2O3/c14-13(15,16)11(19)17-9-6-7-18(8-9)12(20)21-10-4-2-1-3-5-10/h1-5,9H,6-8H2,(H,17,19). The zero-order valence-electron chi connectivity index (χ0n) is 10.9. The van der Waals surface area contributed by atoms with E-state index in [4.69, 9.17) is 4.74 Å². The number of likely N-dealkylation sites (tertiary alicyclic amines) is 1. The van der Waals surface area contributed by atoms with Crippen LogP contribution in [0.1, 0.15) is 6.42 Å². The number of hydrogen-bond donors (Lipinski definition) is 1. The predicted octanol–water partition coefficient (Wildman–Crippen LogP) is 1.94. The number of nitrogens with zero attached hydrogens (tertiary/aromatic N) is 1. The summed E-state index contributed by atoms with van der Waals surface area (Å²) in [6, 6.07) is 7.61. The summed E-state index contributed by atoms with van der Waals surface area (Å²) in [5.41, 5.74) is 0. The van der Waals surface area contributed by atoms with Crippen LogP contribution in [0.5, 0.6) is 5.75 Å². The summed E-state index contributed by atoms with van der Waals surface area (Å²) in [6.07, 6.45) is -5.31. The number of carbonyl (C=O) groups is 2. The van der Waals surface area contributed by atoms with Crippen molar-refractivity contribution < 1.29 is 27.5 Å². The summed E-state index contributed by atoms with van der Waals surface area (Å²) in [6.45, 7) is 0.224. The molecule has 0 radical (unpaired) electrons. The van der Waals surface area contributed by atoms with Gasteiger partial charge in [-0.1, -0.05) is 18.2 Å². The Kier molecular flexibility index (Phi) is 4.35. The SMILES string of the molecule is O=C(Oc1ccccc1)N1CCC(NC(=O)C(F)(F)F)C1. The van der Waals surface area contributed by atoms with Crippen LogP contribution in [0.3, 0.4) is 0 Å². The number of benzene rings is 1. The molecule has 1 atom stereocenters. The minimum atomic E-state index is -4.92. The fraction of sp³-hybridized carbons (Fsp3) is 0.385. The van der Waals surface area contributed by atoms with E-state index >= 15 is 0 Å². The van der Waals surface area contributed by atoms with E-state index in [9.17, 15) is 22.8 Å². The van der Waals surface area contributed by atoms with Gasteiger partial charge >= 0.3 is 18.2 Å². The van der Waals surface area contributed by atoms with Gasteiger partial charge in [0.2, 0.25) is 0 Å². The van der Waals surface area contributed by atoms with E-state index in [0.717, 1.165) is 0 Å². The van der Waals surface area contributed by atoms with E-state index in [1.165, 1.54) is 4.90 Å². The molecule has 1 aliphatic rings. The molecule has 0 spiro atoms. The first-order valence-corrected chi connectivity index (χ1v) is 6.26. The first-order chi connectivity index (χ1) is 9.86. The van der Waals surface area contributed by atoms with Crippen molar-refractivity contribution >= 4 is 12.0 Å². The largest absolute Gasteiger partial charge is 0.471 e. The van der Waals surface area contributed by atoms with Crippen LogP contribution in [0.25, 0.3) is 0 Å². The Balaban J connectivity index is 1.85. The lowest BCUT2D eigenvalue weighted by atomic mass is 10.2. The van der Waals surface area contributed by atoms with Crippen molar-refractivity contribution in [2.24, 2.45) is 0 Å². The number of carbonyl (C=O) groups excluding carboxylic acids is 2. The van der Waals surface area contributed by atoms with Crippen molar-refractivity contribution in [3.05, 3.63) is 30.3 Å². The highest BCUT2D eigenvalue weighted by Gasteiger charge is 2.41. The number of para-hydroxylation sites is 1. The average Bonchev–Trinajstić information content (AvgIpc) is 2.87. The molecular formula is C13H13F3N2O3. The minimum absolute atomic E-state index is 0.00646. The number of rotatable bonds is 2. The van der Waals surface area contributed by atoms with Crippen LogP contribution < -0.4 is 10.1 Å². The predicted molar refractivity (Wildman–Crippen MR) is 66.6 cm³/mol. The molecule has 1 aromatic rings. The lowest BCUT2D eigenvalue weighted by Crippen LogP contribution is -2.45. The van der Waals surface area contributed by atoms with Gasteiger partial charge in [-0.3, -0.25) is 4.79 Å². The molecule has 1 heterocycles. The zero-order valence-corrected chi connectivity index (χ0v) is 10.9. The monoisotopic (exact) mass is 302 g/mol. The molecule has 1 aromatic carbocycles. The van der Waals surface area contributed by atoms with Crippen LogP contribution in [-0.4, -0.2) is 42.2 Å². The Labute approximate surface area is 118 Å². The molecule has 1 saturated heterocycles. The molecule has 1 aliphatic heterocycles. The van der Waals surface area contributed by atoms with Crippen LogP contribution in [0.15, 0.2) is 30.3 Å². The highest BCUT2D eigenvalue weighted by atomic mass is 19.4. The highest BCUT2D eigenvalue weighted by molar-refractivity contribution is 5.82. The number of halogens is 3. The summed E-state index contributed by atoms with van der Waals surface area (Å²) >= 11 is 0. The smallest absolute Gasteiger partial charge is 0.410 e. The van der Waals surface area contributed by atoms with Crippen molar-refractivity contribution in [3.63, 3.8) is 0 Å². The lowest BCUT2D eigenvalue weighted by molar-refractivity contribution is -0.174. The fourth-order valence-corrected chi connectivity index (χ4v) is 1.97. The van der Waals surface area contributed by atoms with Gasteiger partial charge in [0.25, 0.3) is 0 Å². The van der Waals surface area contributed by atoms with E-state index in [-0.39, 0.29) is 19.5 Å². The number of ether oxygens (including phenoxy) is 1. The van der Waals surface area contributed by atoms with Crippen molar-refractivity contribution in [1.82, 2.24) is 10.2 Å². The normalized spacial score (nSPS) is 18.4. The maximum atomic E-state index is 12.1. The third-order valence-electron chi connectivity index (χ3n) is 2.99. The molecular weight excluding hydrogens is 289 g/mol. The van der Waals surface area contributed by atoms with Gasteiger partial charge in [0, 0.05) is 19.1 Å². The summed E-state index contributed by atoms with van der Waals surface area (Å²) in [5.74, 6) is -1.64. The number of alkyl halides is 3. The van der Waals surface area contributed by atoms with Crippen LogP contribution >= 0.6 is 0 Å². The van der Waals surface area contributed by atoms with Gasteiger partial charge in [-0.25, -0.2) is 4.79 Å². The molecule has 0 aliphatic carbocycles. The Morgan fingerprint density at radius 1 is 1.24 bits per heavy atom. The van der Waals surface area contributed by atoms with Gasteiger partial charge in [-0.05, 0) is 18.6 Å². The maximum Gasteiger partial charge on any atom is 0.471 e. The van der Waals surface area contributed by atoms with Gasteiger partial charge < -0.3 is 15.0 Å². The van der Waals surface area contributed by atoms with E-state index in [1.54, 1.807) is 30.3 Å². The van der Waals surface area contributed by atoms with Gasteiger partial charge in [0.1, 0.15) is 5.75 Å².